The van der Waals surface area contributed by atoms with Crippen molar-refractivity contribution < 1.29 is 4.39 Å². The zero-order valence-corrected chi connectivity index (χ0v) is 10.6. The van der Waals surface area contributed by atoms with Crippen molar-refractivity contribution >= 4 is 0 Å². The lowest BCUT2D eigenvalue weighted by molar-refractivity contribution is 0.178. The molecule has 1 aromatic heterocycles. The number of halogens is 1. The lowest BCUT2D eigenvalue weighted by Gasteiger charge is -2.42. The van der Waals surface area contributed by atoms with Crippen LogP contribution in [0.1, 0.15) is 31.5 Å². The molecule has 2 bridgehead atoms. The number of nitrogens with one attached hydrogen (secondary N) is 1. The number of allylic oxidation sites excluding steroid dienone is 4. The van der Waals surface area contributed by atoms with Gasteiger partial charge in [-0.15, -0.1) is 0 Å². The van der Waals surface area contributed by atoms with Gasteiger partial charge in [0.15, 0.2) is 5.67 Å². The van der Waals surface area contributed by atoms with Crippen molar-refractivity contribution in [3.63, 3.8) is 0 Å². The molecule has 18 heavy (non-hydrogen) atoms. The maximum atomic E-state index is 15.4. The average Bonchev–Trinajstić information content (AvgIpc) is 2.26. The molecule has 2 nitrogen and oxygen atoms in total. The molecule has 3 heteroatoms. The highest BCUT2D eigenvalue weighted by Gasteiger charge is 2.47. The van der Waals surface area contributed by atoms with Crippen LogP contribution in [0, 0.1) is 5.92 Å². The second kappa shape index (κ2) is 3.67. The van der Waals surface area contributed by atoms with E-state index in [-0.39, 0.29) is 11.5 Å². The molecule has 0 saturated carbocycles. The summed E-state index contributed by atoms with van der Waals surface area (Å²) in [7, 11) is 0. The molecule has 0 spiro atoms. The van der Waals surface area contributed by atoms with Crippen molar-refractivity contribution in [2.45, 2.75) is 32.4 Å². The molecule has 1 heterocycles. The second-order valence-corrected chi connectivity index (χ2v) is 5.26. The summed E-state index contributed by atoms with van der Waals surface area (Å²) in [6, 6.07) is 3.06. The second-order valence-electron chi connectivity index (χ2n) is 5.26. The van der Waals surface area contributed by atoms with Crippen LogP contribution in [-0.2, 0) is 12.1 Å². The predicted molar refractivity (Wildman–Crippen MR) is 69.2 cm³/mol. The van der Waals surface area contributed by atoms with E-state index in [1.54, 1.807) is 6.07 Å². The minimum Gasteiger partial charge on any atom is -0.326 e. The fourth-order valence-corrected chi connectivity index (χ4v) is 3.40. The molecule has 0 amide bonds. The highest BCUT2D eigenvalue weighted by molar-refractivity contribution is 5.47. The van der Waals surface area contributed by atoms with E-state index in [0.717, 1.165) is 16.8 Å². The summed E-state index contributed by atoms with van der Waals surface area (Å²) in [5.74, 6) is 0.0827. The maximum Gasteiger partial charge on any atom is 0.248 e. The van der Waals surface area contributed by atoms with E-state index < -0.39 is 5.67 Å². The number of fused-ring (bicyclic) bond motifs is 4. The van der Waals surface area contributed by atoms with E-state index in [1.165, 1.54) is 6.07 Å². The quantitative estimate of drug-likeness (QED) is 0.700. The Hall–Kier alpha value is -1.64. The molecule has 2 atom stereocenters. The number of alkyl halides is 1. The van der Waals surface area contributed by atoms with Crippen LogP contribution in [0.5, 0.6) is 0 Å². The number of aromatic nitrogens is 1. The first-order valence-corrected chi connectivity index (χ1v) is 6.30. The zero-order chi connectivity index (χ0) is 12.9. The summed E-state index contributed by atoms with van der Waals surface area (Å²) in [6.45, 7) is 3.87. The largest absolute Gasteiger partial charge is 0.326 e. The Morgan fingerprint density at radius 1 is 1.50 bits per heavy atom. The van der Waals surface area contributed by atoms with Crippen LogP contribution in [0.2, 0.25) is 0 Å². The normalized spacial score (nSPS) is 32.1. The molecular weight excluding hydrogens is 229 g/mol. The molecule has 0 aromatic carbocycles. The van der Waals surface area contributed by atoms with E-state index in [2.05, 4.69) is 11.1 Å². The number of hydrogen-bond acceptors (Lipinski definition) is 1. The molecule has 0 saturated heterocycles. The molecule has 2 aliphatic carbocycles. The maximum absolute atomic E-state index is 15.4. The van der Waals surface area contributed by atoms with E-state index in [9.17, 15) is 4.79 Å². The number of rotatable bonds is 0. The van der Waals surface area contributed by atoms with Crippen LogP contribution in [0.25, 0.3) is 0 Å². The van der Waals surface area contributed by atoms with Gasteiger partial charge >= 0.3 is 0 Å². The van der Waals surface area contributed by atoms with Gasteiger partial charge in [0.25, 0.3) is 0 Å². The molecule has 1 aromatic rings. The summed E-state index contributed by atoms with van der Waals surface area (Å²) in [4.78, 5) is 14.2. The van der Waals surface area contributed by atoms with Crippen LogP contribution in [-0.4, -0.2) is 4.98 Å². The Bertz CT molecular complexity index is 626. The van der Waals surface area contributed by atoms with Gasteiger partial charge in [0.1, 0.15) is 0 Å². The molecule has 0 fully saturated rings. The van der Waals surface area contributed by atoms with Gasteiger partial charge in [-0.2, -0.15) is 0 Å². The molecule has 0 unspecified atom stereocenters. The summed E-state index contributed by atoms with van der Waals surface area (Å²) < 4.78 is 15.4. The standard InChI is InChI=1S/C15H16FNO/c1-3-11-10-6-9(2)8-15(11,16)12-4-5-14(18)17-13(12)7-10/h3-6,10H,7-8H2,1-2H3,(H,17,18)/b11-3+/t10-,15+/m1/s1. The van der Waals surface area contributed by atoms with Crippen molar-refractivity contribution in [2.24, 2.45) is 5.92 Å². The third kappa shape index (κ3) is 1.43. The van der Waals surface area contributed by atoms with Gasteiger partial charge in [-0.3, -0.25) is 4.79 Å². The first-order chi connectivity index (χ1) is 8.54. The number of aromatic amines is 1. The number of pyridine rings is 1. The molecule has 3 rings (SSSR count). The number of H-pyrrole nitrogens is 1. The monoisotopic (exact) mass is 245 g/mol. The van der Waals surface area contributed by atoms with Gasteiger partial charge < -0.3 is 4.98 Å². The van der Waals surface area contributed by atoms with E-state index in [1.807, 2.05) is 19.9 Å². The van der Waals surface area contributed by atoms with Crippen molar-refractivity contribution in [3.05, 3.63) is 57.0 Å². The van der Waals surface area contributed by atoms with Gasteiger partial charge in [0.05, 0.1) is 0 Å². The molecule has 2 aliphatic rings. The molecule has 0 radical (unpaired) electrons. The van der Waals surface area contributed by atoms with E-state index >= 15 is 4.39 Å². The summed E-state index contributed by atoms with van der Waals surface area (Å²) >= 11 is 0. The van der Waals surface area contributed by atoms with Crippen molar-refractivity contribution in [1.29, 1.82) is 0 Å². The fourth-order valence-electron chi connectivity index (χ4n) is 3.40. The summed E-state index contributed by atoms with van der Waals surface area (Å²) in [6.07, 6.45) is 5.10. The third-order valence-electron chi connectivity index (χ3n) is 4.03. The third-order valence-corrected chi connectivity index (χ3v) is 4.03. The van der Waals surface area contributed by atoms with E-state index in [0.29, 0.717) is 18.4 Å². The van der Waals surface area contributed by atoms with Crippen LogP contribution in [0.3, 0.4) is 0 Å². The first-order valence-electron chi connectivity index (χ1n) is 6.30. The Labute approximate surface area is 105 Å². The summed E-state index contributed by atoms with van der Waals surface area (Å²) in [5, 5.41) is 0. The highest BCUT2D eigenvalue weighted by atomic mass is 19.1. The van der Waals surface area contributed by atoms with Crippen molar-refractivity contribution in [1.82, 2.24) is 4.98 Å². The topological polar surface area (TPSA) is 32.9 Å². The molecular formula is C15H16FNO. The molecule has 1 N–H and O–H groups in total. The molecule has 94 valence electrons. The zero-order valence-electron chi connectivity index (χ0n) is 10.6. The van der Waals surface area contributed by atoms with Gasteiger partial charge in [-0.1, -0.05) is 17.7 Å². The Balaban J connectivity index is 2.28. The number of hydrogen-bond donors (Lipinski definition) is 1. The van der Waals surface area contributed by atoms with Crippen LogP contribution in [0.4, 0.5) is 4.39 Å². The Kier molecular flexibility index (Phi) is 2.34. The minimum absolute atomic E-state index is 0.0827. The van der Waals surface area contributed by atoms with Gasteiger partial charge in [0.2, 0.25) is 5.56 Å². The highest BCUT2D eigenvalue weighted by Crippen LogP contribution is 2.51. The van der Waals surface area contributed by atoms with Gasteiger partial charge in [-0.25, -0.2) is 4.39 Å². The molecule has 0 aliphatic heterocycles. The minimum atomic E-state index is -1.43. The Morgan fingerprint density at radius 3 is 3.00 bits per heavy atom. The first kappa shape index (κ1) is 11.5. The summed E-state index contributed by atoms with van der Waals surface area (Å²) in [5.41, 5.74) is 1.73. The van der Waals surface area contributed by atoms with Crippen molar-refractivity contribution in [2.75, 3.05) is 0 Å². The SMILES string of the molecule is C/C=C1\[C@@H]2C=C(C)C[C@@]1(F)c1ccc(=O)[nH]c1C2. The van der Waals surface area contributed by atoms with Gasteiger partial charge in [0, 0.05) is 29.7 Å². The fraction of sp³-hybridized carbons (Fsp3) is 0.400. The Morgan fingerprint density at radius 2 is 2.28 bits per heavy atom. The van der Waals surface area contributed by atoms with E-state index in [4.69, 9.17) is 0 Å². The van der Waals surface area contributed by atoms with Crippen LogP contribution >= 0.6 is 0 Å². The smallest absolute Gasteiger partial charge is 0.248 e. The predicted octanol–water partition coefficient (Wildman–Crippen LogP) is 3.01. The van der Waals surface area contributed by atoms with Gasteiger partial charge in [-0.05, 0) is 31.9 Å². The van der Waals surface area contributed by atoms with Crippen molar-refractivity contribution in [3.8, 4) is 0 Å². The lowest BCUT2D eigenvalue weighted by atomic mass is 9.66. The van der Waals surface area contributed by atoms with Crippen LogP contribution < -0.4 is 5.56 Å². The average molecular weight is 245 g/mol. The lowest BCUT2D eigenvalue weighted by Crippen LogP contribution is -2.38. The van der Waals surface area contributed by atoms with Crippen LogP contribution in [0.15, 0.2) is 40.2 Å².